The topological polar surface area (TPSA) is 191 Å². The SMILES string of the molecule is CCCCCCCCC(=O)OCC(COC(=O)CCCCCCCC)CC(=O)OC[C@@H]1C[C@@H](OC(=O)CC(COC(=O)CCCCCCCC)COC(=O)CCCCCCCC)CN1C(=O)OCCN1CCCC1. The lowest BCUT2D eigenvalue weighted by molar-refractivity contribution is -0.157. The minimum atomic E-state index is -0.770. The molecule has 0 unspecified atom stereocenters. The molecule has 0 aromatic rings. The Hall–Kier alpha value is -3.95. The Morgan fingerprint density at radius 2 is 0.797 bits per heavy atom. The predicted molar refractivity (Wildman–Crippen MR) is 285 cm³/mol. The minimum Gasteiger partial charge on any atom is -0.465 e. The summed E-state index contributed by atoms with van der Waals surface area (Å²) in [7, 11) is 0. The number of amides is 1. The van der Waals surface area contributed by atoms with Crippen molar-refractivity contribution in [2.75, 3.05) is 65.8 Å². The molecule has 0 aliphatic carbocycles. The first kappa shape index (κ1) is 66.2. The Balaban J connectivity index is 2.10. The van der Waals surface area contributed by atoms with E-state index < -0.39 is 42.0 Å². The Labute approximate surface area is 446 Å². The van der Waals surface area contributed by atoms with E-state index in [0.717, 1.165) is 154 Å². The summed E-state index contributed by atoms with van der Waals surface area (Å²) < 4.78 is 39.8. The van der Waals surface area contributed by atoms with Gasteiger partial charge in [-0.15, -0.1) is 0 Å². The first-order valence-electron chi connectivity index (χ1n) is 29.6. The molecule has 0 radical (unpaired) electrons. The van der Waals surface area contributed by atoms with Gasteiger partial charge in [0.2, 0.25) is 0 Å². The number of nitrogens with zero attached hydrogens (tertiary/aromatic N) is 2. The van der Waals surface area contributed by atoms with Gasteiger partial charge in [0.25, 0.3) is 0 Å². The maximum atomic E-state index is 13.6. The number of hydrogen-bond acceptors (Lipinski definition) is 15. The second kappa shape index (κ2) is 44.2. The summed E-state index contributed by atoms with van der Waals surface area (Å²) in [4.78, 5) is 95.3. The number of rotatable bonds is 46. The zero-order valence-corrected chi connectivity index (χ0v) is 46.8. The van der Waals surface area contributed by atoms with Crippen molar-refractivity contribution in [2.24, 2.45) is 11.8 Å². The summed E-state index contributed by atoms with van der Waals surface area (Å²) in [6.45, 7) is 10.5. The molecule has 0 aromatic carbocycles. The van der Waals surface area contributed by atoms with Gasteiger partial charge >= 0.3 is 41.9 Å². The van der Waals surface area contributed by atoms with Crippen molar-refractivity contribution in [1.82, 2.24) is 9.80 Å². The van der Waals surface area contributed by atoms with Crippen LogP contribution in [-0.2, 0) is 61.9 Å². The molecule has 0 spiro atoms. The van der Waals surface area contributed by atoms with Crippen LogP contribution in [0.5, 0.6) is 0 Å². The lowest BCUT2D eigenvalue weighted by Gasteiger charge is -2.24. The molecule has 16 heteroatoms. The fraction of sp³-hybridized carbons (Fsp3) is 0.879. The van der Waals surface area contributed by atoms with Crippen LogP contribution in [0, 0.1) is 11.8 Å². The molecule has 2 fully saturated rings. The van der Waals surface area contributed by atoms with Crippen LogP contribution < -0.4 is 0 Å². The number of ether oxygens (including phenoxy) is 7. The number of carbonyl (C=O) groups excluding carboxylic acids is 7. The van der Waals surface area contributed by atoms with Crippen molar-refractivity contribution in [3.63, 3.8) is 0 Å². The van der Waals surface area contributed by atoms with Gasteiger partial charge in [0.05, 0.1) is 51.9 Å². The Morgan fingerprint density at radius 1 is 0.432 bits per heavy atom. The monoisotopic (exact) mass is 1050 g/mol. The molecule has 2 saturated heterocycles. The van der Waals surface area contributed by atoms with Crippen LogP contribution in [0.2, 0.25) is 0 Å². The van der Waals surface area contributed by atoms with Gasteiger partial charge in [-0.1, -0.05) is 156 Å². The summed E-state index contributed by atoms with van der Waals surface area (Å²) in [5.74, 6) is -4.02. The van der Waals surface area contributed by atoms with Gasteiger partial charge in [-0.05, 0) is 51.6 Å². The third-order valence-electron chi connectivity index (χ3n) is 13.9. The van der Waals surface area contributed by atoms with Gasteiger partial charge in [0.15, 0.2) is 0 Å². The van der Waals surface area contributed by atoms with Crippen molar-refractivity contribution < 1.29 is 66.7 Å². The maximum absolute atomic E-state index is 13.6. The average Bonchev–Trinajstić information content (AvgIpc) is 4.06. The number of unbranched alkanes of at least 4 members (excludes halogenated alkanes) is 20. The van der Waals surface area contributed by atoms with Crippen LogP contribution >= 0.6 is 0 Å². The summed E-state index contributed by atoms with van der Waals surface area (Å²) in [6, 6.07) is -0.693. The highest BCUT2D eigenvalue weighted by Crippen LogP contribution is 2.24. The fourth-order valence-corrected chi connectivity index (χ4v) is 9.31. The van der Waals surface area contributed by atoms with E-state index in [9.17, 15) is 33.6 Å². The van der Waals surface area contributed by atoms with E-state index in [1.807, 2.05) is 0 Å². The van der Waals surface area contributed by atoms with Gasteiger partial charge < -0.3 is 33.2 Å². The first-order chi connectivity index (χ1) is 36.0. The fourth-order valence-electron chi connectivity index (χ4n) is 9.31. The molecule has 0 saturated carbocycles. The molecule has 1 amide bonds. The van der Waals surface area contributed by atoms with Crippen LogP contribution in [0.1, 0.15) is 240 Å². The molecule has 2 aliphatic rings. The van der Waals surface area contributed by atoms with E-state index in [0.29, 0.717) is 32.2 Å². The molecule has 2 atom stereocenters. The standard InChI is InChI=1S/C58H102N2O14/c1-5-9-13-17-21-25-31-52(61)69-43-48(44-70-53(62)32-26-22-18-14-10-6-2)39-56(65)73-47-50-41-51(42-60(50)58(67)68-38-37-59-35-29-30-36-59)74-57(66)40-49(45-71-54(63)33-27-23-19-15-11-7-3)46-72-55(64)34-28-24-20-16-12-8-4/h48-51H,5-47H2,1-4H3/t50-,51+/m0/s1. The summed E-state index contributed by atoms with van der Waals surface area (Å²) in [5, 5.41) is 0. The summed E-state index contributed by atoms with van der Waals surface area (Å²) in [5.41, 5.74) is 0. The van der Waals surface area contributed by atoms with Crippen molar-refractivity contribution in [1.29, 1.82) is 0 Å². The Bertz CT molecular complexity index is 1460. The molecule has 2 aliphatic heterocycles. The normalized spacial score (nSPS) is 15.6. The highest BCUT2D eigenvalue weighted by molar-refractivity contribution is 5.73. The average molecular weight is 1050 g/mol. The van der Waals surface area contributed by atoms with E-state index in [1.54, 1.807) is 0 Å². The van der Waals surface area contributed by atoms with Gasteiger partial charge in [0, 0.05) is 50.5 Å². The van der Waals surface area contributed by atoms with Crippen molar-refractivity contribution in [3.05, 3.63) is 0 Å². The Morgan fingerprint density at radius 3 is 1.19 bits per heavy atom. The lowest BCUT2D eigenvalue weighted by Crippen LogP contribution is -2.40. The van der Waals surface area contributed by atoms with Gasteiger partial charge in [-0.3, -0.25) is 38.6 Å². The number of carbonyl (C=O) groups is 7. The molecule has 0 bridgehead atoms. The molecule has 0 aromatic heterocycles. The van der Waals surface area contributed by atoms with E-state index in [1.165, 1.54) is 4.90 Å². The highest BCUT2D eigenvalue weighted by atomic mass is 16.6. The van der Waals surface area contributed by atoms with Crippen molar-refractivity contribution in [2.45, 2.75) is 252 Å². The van der Waals surface area contributed by atoms with Crippen molar-refractivity contribution in [3.8, 4) is 0 Å². The molecule has 2 heterocycles. The second-order valence-electron chi connectivity index (χ2n) is 20.9. The third kappa shape index (κ3) is 34.6. The van der Waals surface area contributed by atoms with E-state index in [-0.39, 0.29) is 115 Å². The third-order valence-corrected chi connectivity index (χ3v) is 13.9. The molecule has 2 rings (SSSR count). The zero-order valence-electron chi connectivity index (χ0n) is 46.8. The van der Waals surface area contributed by atoms with Gasteiger partial charge in [-0.2, -0.15) is 0 Å². The van der Waals surface area contributed by atoms with E-state index >= 15 is 0 Å². The van der Waals surface area contributed by atoms with Crippen LogP contribution in [0.3, 0.4) is 0 Å². The minimum absolute atomic E-state index is 0.00656. The summed E-state index contributed by atoms with van der Waals surface area (Å²) >= 11 is 0. The zero-order chi connectivity index (χ0) is 53.9. The Kier molecular flexibility index (Phi) is 39.5. The number of likely N-dealkylation sites (tertiary alicyclic amines) is 2. The van der Waals surface area contributed by atoms with Gasteiger partial charge in [-0.25, -0.2) is 4.79 Å². The van der Waals surface area contributed by atoms with E-state index in [4.69, 9.17) is 33.2 Å². The molecule has 16 nitrogen and oxygen atoms in total. The smallest absolute Gasteiger partial charge is 0.410 e. The predicted octanol–water partition coefficient (Wildman–Crippen LogP) is 11.9. The van der Waals surface area contributed by atoms with E-state index in [2.05, 4.69) is 32.6 Å². The molecular formula is C58H102N2O14. The molecular weight excluding hydrogens is 949 g/mol. The van der Waals surface area contributed by atoms with Crippen LogP contribution in [0.25, 0.3) is 0 Å². The molecule has 428 valence electrons. The maximum Gasteiger partial charge on any atom is 0.410 e. The number of esters is 6. The quantitative estimate of drug-likeness (QED) is 0.0317. The molecule has 74 heavy (non-hydrogen) atoms. The second-order valence-corrected chi connectivity index (χ2v) is 20.9. The van der Waals surface area contributed by atoms with Crippen LogP contribution in [-0.4, -0.2) is 130 Å². The number of hydrogen-bond donors (Lipinski definition) is 0. The first-order valence-corrected chi connectivity index (χ1v) is 29.6. The lowest BCUT2D eigenvalue weighted by atomic mass is 10.1. The van der Waals surface area contributed by atoms with Crippen LogP contribution in [0.4, 0.5) is 4.79 Å². The van der Waals surface area contributed by atoms with Crippen molar-refractivity contribution >= 4 is 41.9 Å². The highest BCUT2D eigenvalue weighted by Gasteiger charge is 2.39. The molecule has 0 N–H and O–H groups in total. The largest absolute Gasteiger partial charge is 0.465 e. The van der Waals surface area contributed by atoms with Gasteiger partial charge in [0.1, 0.15) is 19.3 Å². The summed E-state index contributed by atoms with van der Waals surface area (Å²) in [6.07, 6.45) is 26.1. The van der Waals surface area contributed by atoms with Crippen LogP contribution in [0.15, 0.2) is 0 Å².